The fourth-order valence-corrected chi connectivity index (χ4v) is 0.849. The smallest absolute Gasteiger partial charge is 0.434 e. The fourth-order valence-electron chi connectivity index (χ4n) is 0.422. The Morgan fingerprint density at radius 2 is 2.00 bits per heavy atom. The van der Waals surface area contributed by atoms with Gasteiger partial charge in [-0.15, -0.1) is 0 Å². The summed E-state index contributed by atoms with van der Waals surface area (Å²) in [6.07, 6.45) is -0.586. The lowest BCUT2D eigenvalue weighted by atomic mass is 10.9. The van der Waals surface area contributed by atoms with Crippen LogP contribution in [0.5, 0.6) is 0 Å². The van der Waals surface area contributed by atoms with Gasteiger partial charge in [-0.2, -0.15) is 4.99 Å². The summed E-state index contributed by atoms with van der Waals surface area (Å²) in [6, 6.07) is 0. The maximum atomic E-state index is 10.8. The summed E-state index contributed by atoms with van der Waals surface area (Å²) in [7, 11) is -1.63. The molecule has 0 aromatic carbocycles. The molecule has 0 aromatic rings. The van der Waals surface area contributed by atoms with Crippen molar-refractivity contribution in [2.75, 3.05) is 6.61 Å². The van der Waals surface area contributed by atoms with Gasteiger partial charge in [0.1, 0.15) is 8.07 Å². The van der Waals surface area contributed by atoms with Crippen molar-refractivity contribution in [3.05, 3.63) is 0 Å². The van der Waals surface area contributed by atoms with E-state index in [1.54, 1.807) is 6.92 Å². The van der Waals surface area contributed by atoms with E-state index >= 15 is 0 Å². The molecule has 0 spiro atoms. The van der Waals surface area contributed by atoms with E-state index in [2.05, 4.69) is 9.73 Å². The third-order valence-electron chi connectivity index (χ3n) is 1.25. The number of aliphatic imine (C=N–C) groups is 1. The average Bonchev–Trinajstić information content (AvgIpc) is 1.85. The molecule has 70 valence electrons. The van der Waals surface area contributed by atoms with Crippen LogP contribution in [-0.2, 0) is 4.74 Å². The number of carbonyl (C=O) groups excluding carboxylic acids is 1. The molecule has 0 heterocycles. The molecule has 0 rings (SSSR count). The van der Waals surface area contributed by atoms with Crippen LogP contribution < -0.4 is 5.73 Å². The quantitative estimate of drug-likeness (QED) is 0.404. The fraction of sp³-hybridized carbons (Fsp3) is 0.714. The molecule has 5 heteroatoms. The highest BCUT2D eigenvalue weighted by atomic mass is 28.3. The standard InChI is InChI=1S/C7H16N2O2Si/c1-5-11-7(10)9-6(8)12(2,3)4/h5H2,1-4H3,(H2,8,9,10). The van der Waals surface area contributed by atoms with E-state index in [-0.39, 0.29) is 0 Å². The summed E-state index contributed by atoms with van der Waals surface area (Å²) >= 11 is 0. The van der Waals surface area contributed by atoms with Crippen LogP contribution in [0.3, 0.4) is 0 Å². The molecule has 0 radical (unpaired) electrons. The molecule has 1 amide bonds. The summed E-state index contributed by atoms with van der Waals surface area (Å²) in [4.78, 5) is 14.5. The SMILES string of the molecule is CCOC(=O)/N=C(\N)[Si](C)(C)C. The molecule has 0 bridgehead atoms. The van der Waals surface area contributed by atoms with Crippen molar-refractivity contribution in [3.63, 3.8) is 0 Å². The first-order valence-corrected chi connectivity index (χ1v) is 7.39. The first-order valence-electron chi connectivity index (χ1n) is 3.89. The molecule has 0 fully saturated rings. The van der Waals surface area contributed by atoms with Crippen molar-refractivity contribution in [2.45, 2.75) is 26.6 Å². The van der Waals surface area contributed by atoms with Crippen LogP contribution in [0.15, 0.2) is 4.99 Å². The molecular formula is C7H16N2O2Si. The van der Waals surface area contributed by atoms with Crippen LogP contribution in [0.4, 0.5) is 4.79 Å². The Morgan fingerprint density at radius 1 is 1.50 bits per heavy atom. The van der Waals surface area contributed by atoms with E-state index in [9.17, 15) is 4.79 Å². The minimum Gasteiger partial charge on any atom is -0.448 e. The number of hydrogen-bond acceptors (Lipinski definition) is 2. The number of ether oxygens (including phenoxy) is 1. The van der Waals surface area contributed by atoms with Gasteiger partial charge in [-0.1, -0.05) is 19.6 Å². The van der Waals surface area contributed by atoms with Gasteiger partial charge in [0.25, 0.3) is 0 Å². The van der Waals surface area contributed by atoms with Gasteiger partial charge in [-0.3, -0.25) is 0 Å². The summed E-state index contributed by atoms with van der Waals surface area (Å²) in [5.41, 5.74) is 6.02. The summed E-state index contributed by atoms with van der Waals surface area (Å²) in [6.45, 7) is 8.13. The molecule has 0 aliphatic heterocycles. The van der Waals surface area contributed by atoms with Gasteiger partial charge in [0.15, 0.2) is 0 Å². The normalized spacial score (nSPS) is 12.8. The molecule has 0 atom stereocenters. The van der Waals surface area contributed by atoms with Gasteiger partial charge in [0.05, 0.1) is 12.1 Å². The molecule has 0 saturated heterocycles. The zero-order valence-electron chi connectivity index (χ0n) is 8.05. The Kier molecular flexibility index (Phi) is 3.95. The highest BCUT2D eigenvalue weighted by molar-refractivity contribution is 7.04. The highest BCUT2D eigenvalue weighted by Crippen LogP contribution is 2.00. The molecule has 0 unspecified atom stereocenters. The van der Waals surface area contributed by atoms with Gasteiger partial charge < -0.3 is 10.5 Å². The maximum Gasteiger partial charge on any atom is 0.434 e. The predicted molar refractivity (Wildman–Crippen MR) is 52.0 cm³/mol. The Bertz CT molecular complexity index is 196. The third-order valence-corrected chi connectivity index (χ3v) is 2.90. The van der Waals surface area contributed by atoms with Crippen LogP contribution in [0.2, 0.25) is 19.6 Å². The van der Waals surface area contributed by atoms with E-state index < -0.39 is 14.2 Å². The Labute approximate surface area is 73.8 Å². The third kappa shape index (κ3) is 4.12. The predicted octanol–water partition coefficient (Wildman–Crippen LogP) is 1.38. The lowest BCUT2D eigenvalue weighted by molar-refractivity contribution is 0.163. The van der Waals surface area contributed by atoms with Crippen LogP contribution in [0.1, 0.15) is 6.92 Å². The van der Waals surface area contributed by atoms with Gasteiger partial charge in [-0.25, -0.2) is 4.79 Å². The summed E-state index contributed by atoms with van der Waals surface area (Å²) < 4.78 is 4.62. The highest BCUT2D eigenvalue weighted by Gasteiger charge is 2.19. The number of hydrogen-bond donors (Lipinski definition) is 1. The zero-order valence-corrected chi connectivity index (χ0v) is 9.05. The molecular weight excluding hydrogens is 172 g/mol. The van der Waals surface area contributed by atoms with Gasteiger partial charge in [0, 0.05) is 0 Å². The first kappa shape index (κ1) is 11.2. The molecule has 4 nitrogen and oxygen atoms in total. The van der Waals surface area contributed by atoms with E-state index in [1.807, 2.05) is 19.6 Å². The molecule has 12 heavy (non-hydrogen) atoms. The van der Waals surface area contributed by atoms with E-state index in [0.29, 0.717) is 12.1 Å². The van der Waals surface area contributed by atoms with Gasteiger partial charge in [-0.05, 0) is 6.92 Å². The van der Waals surface area contributed by atoms with Crippen LogP contribution in [0.25, 0.3) is 0 Å². The van der Waals surface area contributed by atoms with E-state index in [4.69, 9.17) is 5.73 Å². The van der Waals surface area contributed by atoms with Crippen molar-refractivity contribution in [3.8, 4) is 0 Å². The van der Waals surface area contributed by atoms with Gasteiger partial charge >= 0.3 is 6.09 Å². The Hall–Kier alpha value is -0.843. The minimum absolute atomic E-state index is 0.335. The minimum atomic E-state index is -1.63. The molecule has 0 aliphatic rings. The van der Waals surface area contributed by atoms with Crippen molar-refractivity contribution in [1.82, 2.24) is 0 Å². The summed E-state index contributed by atoms with van der Waals surface area (Å²) in [5, 5.41) is 0. The van der Waals surface area contributed by atoms with Crippen LogP contribution in [-0.4, -0.2) is 26.2 Å². The van der Waals surface area contributed by atoms with Gasteiger partial charge in [0.2, 0.25) is 0 Å². The average molecular weight is 188 g/mol. The van der Waals surface area contributed by atoms with Crippen molar-refractivity contribution < 1.29 is 9.53 Å². The second-order valence-electron chi connectivity index (χ2n) is 3.45. The maximum absolute atomic E-state index is 10.8. The summed E-state index contributed by atoms with van der Waals surface area (Å²) in [5.74, 6) is 0. The van der Waals surface area contributed by atoms with Crippen molar-refractivity contribution in [1.29, 1.82) is 0 Å². The first-order chi connectivity index (χ1) is 5.38. The number of amides is 1. The molecule has 0 aromatic heterocycles. The van der Waals surface area contributed by atoms with Crippen LogP contribution >= 0.6 is 0 Å². The molecule has 2 N–H and O–H groups in total. The number of carbonyl (C=O) groups is 1. The van der Waals surface area contributed by atoms with Crippen molar-refractivity contribution in [2.24, 2.45) is 10.7 Å². The Morgan fingerprint density at radius 3 is 2.33 bits per heavy atom. The van der Waals surface area contributed by atoms with E-state index in [1.165, 1.54) is 0 Å². The lowest BCUT2D eigenvalue weighted by Gasteiger charge is -2.13. The second-order valence-corrected chi connectivity index (χ2v) is 8.46. The van der Waals surface area contributed by atoms with E-state index in [0.717, 1.165) is 0 Å². The molecule has 0 saturated carbocycles. The second kappa shape index (κ2) is 4.25. The van der Waals surface area contributed by atoms with Crippen LogP contribution in [0, 0.1) is 0 Å². The number of rotatable bonds is 2. The number of nitrogens with zero attached hydrogens (tertiary/aromatic N) is 1. The number of amidine groups is 1. The van der Waals surface area contributed by atoms with Crippen molar-refractivity contribution >= 4 is 19.6 Å². The molecule has 0 aliphatic carbocycles. The largest absolute Gasteiger partial charge is 0.448 e. The number of nitrogens with two attached hydrogens (primary N) is 1. The Balaban J connectivity index is 4.26. The topological polar surface area (TPSA) is 64.7 Å². The zero-order chi connectivity index (χ0) is 9.78. The monoisotopic (exact) mass is 188 g/mol. The lowest BCUT2D eigenvalue weighted by Crippen LogP contribution is -2.40.